The molecule has 0 unspecified atom stereocenters. The number of pyridine rings is 1. The number of rotatable bonds is 6. The van der Waals surface area contributed by atoms with Crippen LogP contribution in [0.3, 0.4) is 0 Å². The van der Waals surface area contributed by atoms with Crippen LogP contribution in [-0.2, 0) is 13.1 Å². The molecule has 0 radical (unpaired) electrons. The lowest BCUT2D eigenvalue weighted by molar-refractivity contribution is 0.367. The van der Waals surface area contributed by atoms with Gasteiger partial charge in [0.1, 0.15) is 0 Å². The highest BCUT2D eigenvalue weighted by Gasteiger charge is 2.14. The highest BCUT2D eigenvalue weighted by Crippen LogP contribution is 2.18. The van der Waals surface area contributed by atoms with Crippen LogP contribution in [-0.4, -0.2) is 17.1 Å². The Labute approximate surface area is 135 Å². The Bertz CT molecular complexity index is 397. The Morgan fingerprint density at radius 1 is 0.727 bits per heavy atom. The van der Waals surface area contributed by atoms with Crippen LogP contribution in [0.25, 0.3) is 0 Å². The normalized spacial score (nSPS) is 21.1. The number of hydrogen-bond donors (Lipinski definition) is 2. The van der Waals surface area contributed by atoms with E-state index >= 15 is 0 Å². The Kier molecular flexibility index (Phi) is 6.26. The first-order valence-corrected chi connectivity index (χ1v) is 9.32. The van der Waals surface area contributed by atoms with Gasteiger partial charge < -0.3 is 10.6 Å². The summed E-state index contributed by atoms with van der Waals surface area (Å²) in [4.78, 5) is 4.82. The molecule has 122 valence electrons. The Morgan fingerprint density at radius 2 is 1.18 bits per heavy atom. The predicted molar refractivity (Wildman–Crippen MR) is 91.7 cm³/mol. The zero-order chi connectivity index (χ0) is 15.0. The maximum atomic E-state index is 4.82. The van der Waals surface area contributed by atoms with Crippen molar-refractivity contribution in [2.24, 2.45) is 0 Å². The van der Waals surface area contributed by atoms with Gasteiger partial charge in [0.25, 0.3) is 0 Å². The summed E-state index contributed by atoms with van der Waals surface area (Å²) in [5.41, 5.74) is 2.38. The van der Waals surface area contributed by atoms with E-state index in [0.29, 0.717) is 12.1 Å². The molecule has 1 heterocycles. The van der Waals surface area contributed by atoms with E-state index in [1.165, 1.54) is 75.6 Å². The van der Waals surface area contributed by atoms with Crippen molar-refractivity contribution in [2.75, 3.05) is 0 Å². The molecule has 0 aromatic carbocycles. The zero-order valence-electron chi connectivity index (χ0n) is 13.8. The quantitative estimate of drug-likeness (QED) is 0.836. The fourth-order valence-electron chi connectivity index (χ4n) is 3.84. The van der Waals surface area contributed by atoms with Crippen LogP contribution in [0.2, 0.25) is 0 Å². The molecule has 2 aliphatic rings. The molecule has 3 heteroatoms. The third-order valence-electron chi connectivity index (χ3n) is 5.22. The average molecular weight is 301 g/mol. The van der Waals surface area contributed by atoms with Crippen molar-refractivity contribution in [3.8, 4) is 0 Å². The molecule has 3 nitrogen and oxygen atoms in total. The molecule has 0 aliphatic heterocycles. The number of nitrogens with one attached hydrogen (secondary N) is 2. The van der Waals surface area contributed by atoms with Gasteiger partial charge in [-0.1, -0.05) is 44.6 Å². The van der Waals surface area contributed by atoms with Crippen molar-refractivity contribution in [1.29, 1.82) is 0 Å². The molecular formula is C19H31N3. The first-order chi connectivity index (χ1) is 10.9. The van der Waals surface area contributed by atoms with E-state index < -0.39 is 0 Å². The van der Waals surface area contributed by atoms with Crippen LogP contribution in [0.1, 0.15) is 75.6 Å². The first-order valence-electron chi connectivity index (χ1n) is 9.32. The fourth-order valence-corrected chi connectivity index (χ4v) is 3.84. The summed E-state index contributed by atoms with van der Waals surface area (Å²) < 4.78 is 0. The van der Waals surface area contributed by atoms with Crippen molar-refractivity contribution >= 4 is 0 Å². The van der Waals surface area contributed by atoms with Crippen LogP contribution in [0.5, 0.6) is 0 Å². The fraction of sp³-hybridized carbons (Fsp3) is 0.737. The molecule has 2 fully saturated rings. The third-order valence-corrected chi connectivity index (χ3v) is 5.22. The van der Waals surface area contributed by atoms with E-state index in [-0.39, 0.29) is 0 Å². The van der Waals surface area contributed by atoms with Gasteiger partial charge in [0.15, 0.2) is 0 Å². The lowest BCUT2D eigenvalue weighted by Crippen LogP contribution is -2.31. The van der Waals surface area contributed by atoms with Crippen LogP contribution < -0.4 is 10.6 Å². The second-order valence-corrected chi connectivity index (χ2v) is 7.05. The average Bonchev–Trinajstić information content (AvgIpc) is 2.60. The van der Waals surface area contributed by atoms with Crippen molar-refractivity contribution in [1.82, 2.24) is 15.6 Å². The molecule has 0 atom stereocenters. The standard InChI is InChI=1S/C19H31N3/c1-3-8-16(9-4-1)20-14-18-12-7-13-19(22-18)15-21-17-10-5-2-6-11-17/h7,12-13,16-17,20-21H,1-6,8-11,14-15H2. The van der Waals surface area contributed by atoms with E-state index in [1.54, 1.807) is 0 Å². The Morgan fingerprint density at radius 3 is 1.64 bits per heavy atom. The number of hydrogen-bond acceptors (Lipinski definition) is 3. The topological polar surface area (TPSA) is 37.0 Å². The molecular weight excluding hydrogens is 270 g/mol. The monoisotopic (exact) mass is 301 g/mol. The molecule has 2 N–H and O–H groups in total. The summed E-state index contributed by atoms with van der Waals surface area (Å²) in [6.07, 6.45) is 13.7. The summed E-state index contributed by atoms with van der Waals surface area (Å²) in [7, 11) is 0. The van der Waals surface area contributed by atoms with Gasteiger partial charge >= 0.3 is 0 Å². The minimum Gasteiger partial charge on any atom is -0.308 e. The summed E-state index contributed by atoms with van der Waals surface area (Å²) in [5.74, 6) is 0. The second-order valence-electron chi connectivity index (χ2n) is 7.05. The first kappa shape index (κ1) is 15.9. The van der Waals surface area contributed by atoms with Gasteiger partial charge in [-0.25, -0.2) is 0 Å². The lowest BCUT2D eigenvalue weighted by Gasteiger charge is -2.23. The lowest BCUT2D eigenvalue weighted by atomic mass is 9.95. The molecule has 1 aromatic heterocycles. The minimum atomic E-state index is 0.708. The second kappa shape index (κ2) is 8.64. The van der Waals surface area contributed by atoms with Crippen molar-refractivity contribution in [3.05, 3.63) is 29.6 Å². The summed E-state index contributed by atoms with van der Waals surface area (Å²) in [5, 5.41) is 7.38. The van der Waals surface area contributed by atoms with Gasteiger partial charge in [-0.2, -0.15) is 0 Å². The van der Waals surface area contributed by atoms with Crippen LogP contribution in [0, 0.1) is 0 Å². The van der Waals surface area contributed by atoms with Crippen LogP contribution in [0.15, 0.2) is 18.2 Å². The van der Waals surface area contributed by atoms with E-state index in [2.05, 4.69) is 28.8 Å². The highest BCUT2D eigenvalue weighted by molar-refractivity contribution is 5.11. The predicted octanol–water partition coefficient (Wildman–Crippen LogP) is 3.93. The smallest absolute Gasteiger partial charge is 0.0545 e. The molecule has 0 spiro atoms. The number of aromatic nitrogens is 1. The zero-order valence-corrected chi connectivity index (χ0v) is 13.8. The van der Waals surface area contributed by atoms with Crippen molar-refractivity contribution in [3.63, 3.8) is 0 Å². The van der Waals surface area contributed by atoms with Gasteiger partial charge in [0, 0.05) is 25.2 Å². The molecule has 22 heavy (non-hydrogen) atoms. The Balaban J connectivity index is 1.44. The van der Waals surface area contributed by atoms with E-state index in [4.69, 9.17) is 4.98 Å². The molecule has 3 rings (SSSR count). The third kappa shape index (κ3) is 5.06. The van der Waals surface area contributed by atoms with Crippen molar-refractivity contribution < 1.29 is 0 Å². The molecule has 2 aliphatic carbocycles. The largest absolute Gasteiger partial charge is 0.308 e. The molecule has 0 amide bonds. The summed E-state index contributed by atoms with van der Waals surface area (Å²) >= 11 is 0. The molecule has 0 saturated heterocycles. The van der Waals surface area contributed by atoms with Gasteiger partial charge in [-0.3, -0.25) is 4.98 Å². The van der Waals surface area contributed by atoms with Crippen LogP contribution >= 0.6 is 0 Å². The van der Waals surface area contributed by atoms with E-state index in [9.17, 15) is 0 Å². The molecule has 0 bridgehead atoms. The minimum absolute atomic E-state index is 0.708. The van der Waals surface area contributed by atoms with Gasteiger partial charge in [-0.15, -0.1) is 0 Å². The van der Waals surface area contributed by atoms with Gasteiger partial charge in [0.2, 0.25) is 0 Å². The summed E-state index contributed by atoms with van der Waals surface area (Å²) in [6.45, 7) is 1.84. The van der Waals surface area contributed by atoms with Crippen LogP contribution in [0.4, 0.5) is 0 Å². The van der Waals surface area contributed by atoms with Gasteiger partial charge in [-0.05, 0) is 37.8 Å². The highest BCUT2D eigenvalue weighted by atomic mass is 15.0. The van der Waals surface area contributed by atoms with Gasteiger partial charge in [0.05, 0.1) is 11.4 Å². The maximum Gasteiger partial charge on any atom is 0.0545 e. The van der Waals surface area contributed by atoms with E-state index in [0.717, 1.165) is 13.1 Å². The SMILES string of the molecule is c1cc(CNC2CCCCC2)nc(CNC2CCCCC2)c1. The molecule has 1 aromatic rings. The van der Waals surface area contributed by atoms with Crippen molar-refractivity contribution in [2.45, 2.75) is 89.4 Å². The van der Waals surface area contributed by atoms with E-state index in [1.807, 2.05) is 0 Å². The number of nitrogens with zero attached hydrogens (tertiary/aromatic N) is 1. The summed E-state index contributed by atoms with van der Waals surface area (Å²) in [6, 6.07) is 7.88. The Hall–Kier alpha value is -0.930. The molecule has 2 saturated carbocycles. The maximum absolute atomic E-state index is 4.82.